The van der Waals surface area contributed by atoms with Crippen molar-refractivity contribution in [2.75, 3.05) is 26.4 Å². The normalized spacial score (nSPS) is 11.9. The average Bonchev–Trinajstić information content (AvgIpc) is 2.42. The Hall–Kier alpha value is -1.40. The number of benzene rings is 1. The third kappa shape index (κ3) is 6.58. The summed E-state index contributed by atoms with van der Waals surface area (Å²) in [6.45, 7) is 5.12. The fraction of sp³-hybridized carbons (Fsp3) is 0.562. The van der Waals surface area contributed by atoms with Gasteiger partial charge < -0.3 is 4.90 Å². The molecule has 0 bridgehead atoms. The van der Waals surface area contributed by atoms with Gasteiger partial charge in [0.15, 0.2) is 0 Å². The standard InChI is InChI=1S/C16H26N2O3S/c1-14(2)12-18(22(4,20)21)11-10-16(19)17(3)13-15-8-6-5-7-9-15/h5-9,14H,10-13H2,1-4H3. The van der Waals surface area contributed by atoms with Gasteiger partial charge in [0.05, 0.1) is 6.26 Å². The number of nitrogens with zero attached hydrogens (tertiary/aromatic N) is 2. The highest BCUT2D eigenvalue weighted by Gasteiger charge is 2.20. The lowest BCUT2D eigenvalue weighted by Gasteiger charge is -2.23. The van der Waals surface area contributed by atoms with E-state index in [1.807, 2.05) is 44.2 Å². The quantitative estimate of drug-likeness (QED) is 0.734. The molecule has 0 fully saturated rings. The number of carbonyl (C=O) groups is 1. The van der Waals surface area contributed by atoms with Crippen molar-refractivity contribution in [3.8, 4) is 0 Å². The van der Waals surface area contributed by atoms with E-state index in [-0.39, 0.29) is 24.8 Å². The SMILES string of the molecule is CC(C)CN(CCC(=O)N(C)Cc1ccccc1)S(C)(=O)=O. The van der Waals surface area contributed by atoms with Gasteiger partial charge in [-0.1, -0.05) is 44.2 Å². The van der Waals surface area contributed by atoms with Crippen molar-refractivity contribution in [1.29, 1.82) is 0 Å². The molecule has 0 aromatic heterocycles. The van der Waals surface area contributed by atoms with Crippen LogP contribution in [-0.4, -0.2) is 49.9 Å². The van der Waals surface area contributed by atoms with Crippen molar-refractivity contribution in [3.05, 3.63) is 35.9 Å². The van der Waals surface area contributed by atoms with E-state index in [2.05, 4.69) is 0 Å². The number of hydrogen-bond acceptors (Lipinski definition) is 3. The van der Waals surface area contributed by atoms with E-state index in [4.69, 9.17) is 0 Å². The Morgan fingerprint density at radius 3 is 2.27 bits per heavy atom. The van der Waals surface area contributed by atoms with Crippen LogP contribution in [0.1, 0.15) is 25.8 Å². The van der Waals surface area contributed by atoms with Crippen LogP contribution in [0.25, 0.3) is 0 Å². The van der Waals surface area contributed by atoms with Crippen molar-refractivity contribution < 1.29 is 13.2 Å². The molecule has 0 spiro atoms. The van der Waals surface area contributed by atoms with Gasteiger partial charge >= 0.3 is 0 Å². The van der Waals surface area contributed by atoms with Gasteiger partial charge in [-0.3, -0.25) is 4.79 Å². The van der Waals surface area contributed by atoms with Crippen LogP contribution in [-0.2, 0) is 21.4 Å². The number of sulfonamides is 1. The van der Waals surface area contributed by atoms with Crippen LogP contribution in [0, 0.1) is 5.92 Å². The molecule has 0 saturated carbocycles. The molecule has 0 unspecified atom stereocenters. The summed E-state index contributed by atoms with van der Waals surface area (Å²) >= 11 is 0. The van der Waals surface area contributed by atoms with E-state index in [9.17, 15) is 13.2 Å². The van der Waals surface area contributed by atoms with Gasteiger partial charge in [-0.15, -0.1) is 0 Å². The molecule has 1 aromatic rings. The topological polar surface area (TPSA) is 57.7 Å². The molecule has 0 aliphatic rings. The smallest absolute Gasteiger partial charge is 0.223 e. The minimum Gasteiger partial charge on any atom is -0.341 e. The number of hydrogen-bond donors (Lipinski definition) is 0. The largest absolute Gasteiger partial charge is 0.341 e. The van der Waals surface area contributed by atoms with Gasteiger partial charge in [-0.05, 0) is 11.5 Å². The van der Waals surface area contributed by atoms with Gasteiger partial charge in [-0.2, -0.15) is 0 Å². The third-order valence-corrected chi connectivity index (χ3v) is 4.57. The second-order valence-corrected chi connectivity index (χ2v) is 7.98. The second-order valence-electron chi connectivity index (χ2n) is 6.00. The molecule has 1 rings (SSSR count). The van der Waals surface area contributed by atoms with E-state index >= 15 is 0 Å². The van der Waals surface area contributed by atoms with Crippen LogP contribution in [0.5, 0.6) is 0 Å². The summed E-state index contributed by atoms with van der Waals surface area (Å²) in [5, 5.41) is 0. The van der Waals surface area contributed by atoms with Crippen LogP contribution < -0.4 is 0 Å². The first kappa shape index (κ1) is 18.6. The van der Waals surface area contributed by atoms with Crippen LogP contribution in [0.4, 0.5) is 0 Å². The van der Waals surface area contributed by atoms with Crippen LogP contribution in [0.15, 0.2) is 30.3 Å². The van der Waals surface area contributed by atoms with E-state index < -0.39 is 10.0 Å². The summed E-state index contributed by atoms with van der Waals surface area (Å²) in [6, 6.07) is 9.72. The Bertz CT molecular complexity index is 570. The maximum Gasteiger partial charge on any atom is 0.223 e. The zero-order valence-corrected chi connectivity index (χ0v) is 14.6. The first-order valence-corrected chi connectivity index (χ1v) is 9.28. The molecular formula is C16H26N2O3S. The Morgan fingerprint density at radius 1 is 1.18 bits per heavy atom. The summed E-state index contributed by atoms with van der Waals surface area (Å²) in [5.41, 5.74) is 1.06. The van der Waals surface area contributed by atoms with Crippen LogP contribution in [0.3, 0.4) is 0 Å². The fourth-order valence-corrected chi connectivity index (χ4v) is 3.15. The third-order valence-electron chi connectivity index (χ3n) is 3.30. The number of rotatable bonds is 8. The summed E-state index contributed by atoms with van der Waals surface area (Å²) in [5.74, 6) is 0.174. The molecule has 5 nitrogen and oxygen atoms in total. The monoisotopic (exact) mass is 326 g/mol. The molecule has 22 heavy (non-hydrogen) atoms. The van der Waals surface area contributed by atoms with Crippen molar-refractivity contribution in [2.45, 2.75) is 26.8 Å². The van der Waals surface area contributed by atoms with Gasteiger partial charge in [-0.25, -0.2) is 12.7 Å². The van der Waals surface area contributed by atoms with E-state index in [0.717, 1.165) is 5.56 Å². The van der Waals surface area contributed by atoms with Crippen LogP contribution in [0.2, 0.25) is 0 Å². The van der Waals surface area contributed by atoms with Gasteiger partial charge in [0, 0.05) is 33.1 Å². The minimum atomic E-state index is -3.28. The van der Waals surface area contributed by atoms with Crippen LogP contribution >= 0.6 is 0 Å². The molecule has 0 aliphatic heterocycles. The zero-order chi connectivity index (χ0) is 16.8. The molecule has 1 amide bonds. The first-order chi connectivity index (χ1) is 10.2. The van der Waals surface area contributed by atoms with Gasteiger partial charge in [0.25, 0.3) is 0 Å². The maximum absolute atomic E-state index is 12.2. The lowest BCUT2D eigenvalue weighted by molar-refractivity contribution is -0.130. The molecule has 0 aliphatic carbocycles. The highest BCUT2D eigenvalue weighted by Crippen LogP contribution is 2.08. The van der Waals surface area contributed by atoms with Crippen molar-refractivity contribution in [2.24, 2.45) is 5.92 Å². The second kappa shape index (κ2) is 8.29. The molecule has 0 saturated heterocycles. The molecule has 6 heteroatoms. The van der Waals surface area contributed by atoms with Crippen molar-refractivity contribution >= 4 is 15.9 Å². The Morgan fingerprint density at radius 2 is 1.77 bits per heavy atom. The Labute approximate surface area is 134 Å². The highest BCUT2D eigenvalue weighted by molar-refractivity contribution is 7.88. The molecule has 124 valence electrons. The van der Waals surface area contributed by atoms with Crippen molar-refractivity contribution in [3.63, 3.8) is 0 Å². The molecular weight excluding hydrogens is 300 g/mol. The highest BCUT2D eigenvalue weighted by atomic mass is 32.2. The molecule has 0 atom stereocenters. The molecule has 0 radical (unpaired) electrons. The maximum atomic E-state index is 12.2. The summed E-state index contributed by atoms with van der Waals surface area (Å²) < 4.78 is 24.9. The molecule has 1 aromatic carbocycles. The van der Waals surface area contributed by atoms with Gasteiger partial charge in [0.2, 0.25) is 15.9 Å². The number of amides is 1. The summed E-state index contributed by atoms with van der Waals surface area (Å²) in [7, 11) is -1.54. The van der Waals surface area contributed by atoms with Gasteiger partial charge in [0.1, 0.15) is 0 Å². The van der Waals surface area contributed by atoms with E-state index in [0.29, 0.717) is 13.1 Å². The predicted molar refractivity (Wildman–Crippen MR) is 88.8 cm³/mol. The fourth-order valence-electron chi connectivity index (χ4n) is 2.16. The molecule has 0 N–H and O–H groups in total. The summed E-state index contributed by atoms with van der Waals surface area (Å²) in [6.07, 6.45) is 1.39. The lowest BCUT2D eigenvalue weighted by Crippen LogP contribution is -2.37. The summed E-state index contributed by atoms with van der Waals surface area (Å²) in [4.78, 5) is 13.8. The first-order valence-electron chi connectivity index (χ1n) is 7.43. The Balaban J connectivity index is 2.56. The predicted octanol–water partition coefficient (Wildman–Crippen LogP) is 1.95. The zero-order valence-electron chi connectivity index (χ0n) is 13.8. The molecule has 0 heterocycles. The van der Waals surface area contributed by atoms with Crippen molar-refractivity contribution in [1.82, 2.24) is 9.21 Å². The average molecular weight is 326 g/mol. The minimum absolute atomic E-state index is 0.0544. The van der Waals surface area contributed by atoms with E-state index in [1.165, 1.54) is 10.6 Å². The lowest BCUT2D eigenvalue weighted by atomic mass is 10.2. The Kier molecular flexibility index (Phi) is 7.03. The number of carbonyl (C=O) groups excluding carboxylic acids is 1. The van der Waals surface area contributed by atoms with E-state index in [1.54, 1.807) is 11.9 Å².